The first-order valence-corrected chi connectivity index (χ1v) is 8.07. The van der Waals surface area contributed by atoms with Gasteiger partial charge in [0.05, 0.1) is 18.2 Å². The van der Waals surface area contributed by atoms with Crippen molar-refractivity contribution in [3.05, 3.63) is 46.2 Å². The van der Waals surface area contributed by atoms with E-state index in [1.54, 1.807) is 35.6 Å². The molecule has 0 saturated carbocycles. The van der Waals surface area contributed by atoms with Crippen molar-refractivity contribution in [1.29, 1.82) is 0 Å². The van der Waals surface area contributed by atoms with Crippen LogP contribution in [0.5, 0.6) is 5.75 Å². The van der Waals surface area contributed by atoms with E-state index in [0.29, 0.717) is 25.4 Å². The van der Waals surface area contributed by atoms with Gasteiger partial charge >= 0.3 is 0 Å². The molecule has 23 heavy (non-hydrogen) atoms. The fourth-order valence-corrected chi connectivity index (χ4v) is 2.55. The van der Waals surface area contributed by atoms with Gasteiger partial charge in [0.15, 0.2) is 11.6 Å². The van der Waals surface area contributed by atoms with Gasteiger partial charge in [-0.1, -0.05) is 12.1 Å². The third kappa shape index (κ3) is 5.01. The van der Waals surface area contributed by atoms with E-state index in [2.05, 4.69) is 4.98 Å². The summed E-state index contributed by atoms with van der Waals surface area (Å²) in [6.45, 7) is 3.20. The number of thiazole rings is 1. The SMILES string of the molecule is COCCN(CCOc1ccccc1F)C(=O)c1csc(C)n1. The molecule has 0 saturated heterocycles. The molecule has 0 aliphatic heterocycles. The Morgan fingerprint density at radius 2 is 2.04 bits per heavy atom. The van der Waals surface area contributed by atoms with Gasteiger partial charge in [-0.3, -0.25) is 4.79 Å². The van der Waals surface area contributed by atoms with Gasteiger partial charge in [-0.15, -0.1) is 11.3 Å². The van der Waals surface area contributed by atoms with Gasteiger partial charge in [-0.2, -0.15) is 0 Å². The smallest absolute Gasteiger partial charge is 0.273 e. The largest absolute Gasteiger partial charge is 0.489 e. The fraction of sp³-hybridized carbons (Fsp3) is 0.375. The Hall–Kier alpha value is -1.99. The highest BCUT2D eigenvalue weighted by Crippen LogP contribution is 2.15. The molecule has 124 valence electrons. The zero-order valence-electron chi connectivity index (χ0n) is 13.1. The van der Waals surface area contributed by atoms with Crippen molar-refractivity contribution in [1.82, 2.24) is 9.88 Å². The van der Waals surface area contributed by atoms with E-state index in [1.807, 2.05) is 6.92 Å². The molecular weight excluding hydrogens is 319 g/mol. The van der Waals surface area contributed by atoms with Gasteiger partial charge in [0, 0.05) is 19.0 Å². The summed E-state index contributed by atoms with van der Waals surface area (Å²) in [4.78, 5) is 18.3. The summed E-state index contributed by atoms with van der Waals surface area (Å²) in [6.07, 6.45) is 0. The normalized spacial score (nSPS) is 10.6. The van der Waals surface area contributed by atoms with Gasteiger partial charge in [0.2, 0.25) is 0 Å². The van der Waals surface area contributed by atoms with E-state index >= 15 is 0 Å². The van der Waals surface area contributed by atoms with Crippen LogP contribution < -0.4 is 4.74 Å². The number of rotatable bonds is 8. The second kappa shape index (κ2) is 8.59. The predicted molar refractivity (Wildman–Crippen MR) is 86.5 cm³/mol. The van der Waals surface area contributed by atoms with Gasteiger partial charge < -0.3 is 14.4 Å². The second-order valence-electron chi connectivity index (χ2n) is 4.82. The second-order valence-corrected chi connectivity index (χ2v) is 5.88. The lowest BCUT2D eigenvalue weighted by molar-refractivity contribution is 0.0659. The molecule has 1 aromatic carbocycles. The summed E-state index contributed by atoms with van der Waals surface area (Å²) in [5.74, 6) is -0.419. The molecule has 7 heteroatoms. The lowest BCUT2D eigenvalue weighted by atomic mass is 10.3. The number of halogens is 1. The standard InChI is InChI=1S/C16H19FN2O3S/c1-12-18-14(11-23-12)16(20)19(7-9-21-2)8-10-22-15-6-4-3-5-13(15)17/h3-6,11H,7-10H2,1-2H3. The quantitative estimate of drug-likeness (QED) is 0.743. The van der Waals surface area contributed by atoms with Crippen LogP contribution in [-0.4, -0.2) is 49.2 Å². The first-order chi connectivity index (χ1) is 11.1. The van der Waals surface area contributed by atoms with Crippen LogP contribution >= 0.6 is 11.3 Å². The molecule has 0 aliphatic rings. The number of para-hydroxylation sites is 1. The topological polar surface area (TPSA) is 51.7 Å². The number of hydrogen-bond acceptors (Lipinski definition) is 5. The van der Waals surface area contributed by atoms with E-state index in [4.69, 9.17) is 9.47 Å². The summed E-state index contributed by atoms with van der Waals surface area (Å²) in [5.41, 5.74) is 0.412. The first kappa shape index (κ1) is 17.4. The summed E-state index contributed by atoms with van der Waals surface area (Å²) >= 11 is 1.43. The van der Waals surface area contributed by atoms with Crippen molar-refractivity contribution in [2.24, 2.45) is 0 Å². The maximum absolute atomic E-state index is 13.5. The molecule has 5 nitrogen and oxygen atoms in total. The van der Waals surface area contributed by atoms with Crippen molar-refractivity contribution in [3.63, 3.8) is 0 Å². The molecular formula is C16H19FN2O3S. The molecule has 0 atom stereocenters. The molecule has 0 N–H and O–H groups in total. The minimum absolute atomic E-state index is 0.177. The summed E-state index contributed by atoms with van der Waals surface area (Å²) in [5, 5.41) is 2.57. The van der Waals surface area contributed by atoms with Crippen LogP contribution in [0.4, 0.5) is 4.39 Å². The molecule has 0 unspecified atom stereocenters. The van der Waals surface area contributed by atoms with Crippen LogP contribution in [0.2, 0.25) is 0 Å². The van der Waals surface area contributed by atoms with E-state index in [9.17, 15) is 9.18 Å². The Kier molecular flexibility index (Phi) is 6.49. The van der Waals surface area contributed by atoms with Gasteiger partial charge in [-0.25, -0.2) is 9.37 Å². The van der Waals surface area contributed by atoms with Crippen LogP contribution in [0, 0.1) is 12.7 Å². The average molecular weight is 338 g/mol. The van der Waals surface area contributed by atoms with Crippen molar-refractivity contribution in [2.45, 2.75) is 6.92 Å². The molecule has 0 aliphatic carbocycles. The van der Waals surface area contributed by atoms with Gasteiger partial charge in [-0.05, 0) is 19.1 Å². The molecule has 0 fully saturated rings. The zero-order valence-corrected chi connectivity index (χ0v) is 13.9. The Bertz CT molecular complexity index is 648. The Balaban J connectivity index is 1.95. The Morgan fingerprint density at radius 3 is 2.70 bits per heavy atom. The molecule has 1 amide bonds. The lowest BCUT2D eigenvalue weighted by Crippen LogP contribution is -2.37. The number of aromatic nitrogens is 1. The highest BCUT2D eigenvalue weighted by molar-refractivity contribution is 7.09. The number of carbonyl (C=O) groups excluding carboxylic acids is 1. The van der Waals surface area contributed by atoms with Crippen molar-refractivity contribution < 1.29 is 18.7 Å². The summed E-state index contributed by atoms with van der Waals surface area (Å²) < 4.78 is 24.0. The van der Waals surface area contributed by atoms with Crippen LogP contribution in [0.15, 0.2) is 29.6 Å². The maximum atomic E-state index is 13.5. The monoisotopic (exact) mass is 338 g/mol. The number of aryl methyl sites for hydroxylation is 1. The molecule has 1 aromatic heterocycles. The van der Waals surface area contributed by atoms with E-state index < -0.39 is 5.82 Å². The molecule has 0 spiro atoms. The molecule has 0 radical (unpaired) electrons. The maximum Gasteiger partial charge on any atom is 0.273 e. The van der Waals surface area contributed by atoms with Gasteiger partial charge in [0.25, 0.3) is 5.91 Å². The van der Waals surface area contributed by atoms with Crippen LogP contribution in [0.1, 0.15) is 15.5 Å². The zero-order chi connectivity index (χ0) is 16.7. The van der Waals surface area contributed by atoms with Crippen LogP contribution in [0.3, 0.4) is 0 Å². The summed E-state index contributed by atoms with van der Waals surface area (Å²) in [6, 6.07) is 6.19. The number of hydrogen-bond donors (Lipinski definition) is 0. The molecule has 1 heterocycles. The third-order valence-corrected chi connectivity index (χ3v) is 3.92. The number of nitrogens with zero attached hydrogens (tertiary/aromatic N) is 2. The third-order valence-electron chi connectivity index (χ3n) is 3.15. The minimum Gasteiger partial charge on any atom is -0.489 e. The number of amides is 1. The van der Waals surface area contributed by atoms with Gasteiger partial charge in [0.1, 0.15) is 12.3 Å². The number of benzene rings is 1. The predicted octanol–water partition coefficient (Wildman–Crippen LogP) is 2.76. The number of ether oxygens (including phenoxy) is 2. The van der Waals surface area contributed by atoms with E-state index in [0.717, 1.165) is 5.01 Å². The van der Waals surface area contributed by atoms with Crippen LogP contribution in [-0.2, 0) is 4.74 Å². The Morgan fingerprint density at radius 1 is 1.30 bits per heavy atom. The van der Waals surface area contributed by atoms with Crippen molar-refractivity contribution in [2.75, 3.05) is 33.4 Å². The minimum atomic E-state index is -0.419. The van der Waals surface area contributed by atoms with E-state index in [1.165, 1.54) is 17.4 Å². The Labute approximate surface area is 138 Å². The highest BCUT2D eigenvalue weighted by atomic mass is 32.1. The number of carbonyl (C=O) groups is 1. The number of methoxy groups -OCH3 is 1. The summed E-state index contributed by atoms with van der Waals surface area (Å²) in [7, 11) is 1.57. The first-order valence-electron chi connectivity index (χ1n) is 7.19. The average Bonchev–Trinajstić information content (AvgIpc) is 2.98. The van der Waals surface area contributed by atoms with Crippen molar-refractivity contribution >= 4 is 17.2 Å². The molecule has 0 bridgehead atoms. The highest BCUT2D eigenvalue weighted by Gasteiger charge is 2.18. The lowest BCUT2D eigenvalue weighted by Gasteiger charge is -2.21. The fourth-order valence-electron chi connectivity index (χ4n) is 1.97. The van der Waals surface area contributed by atoms with E-state index in [-0.39, 0.29) is 18.3 Å². The molecule has 2 aromatic rings. The van der Waals surface area contributed by atoms with Crippen molar-refractivity contribution in [3.8, 4) is 5.75 Å². The molecule has 2 rings (SSSR count). The van der Waals surface area contributed by atoms with Crippen LogP contribution in [0.25, 0.3) is 0 Å².